The minimum Gasteiger partial charge on any atom is -0.371 e. The number of halogens is 1. The molecule has 0 amide bonds. The molecule has 0 saturated carbocycles. The first-order valence-corrected chi connectivity index (χ1v) is 9.68. The summed E-state index contributed by atoms with van der Waals surface area (Å²) in [7, 11) is -3.11. The summed E-state index contributed by atoms with van der Waals surface area (Å²) in [5.41, 5.74) is 1.01. The van der Waals surface area contributed by atoms with Crippen LogP contribution < -0.4 is 4.72 Å². The molecule has 1 saturated heterocycles. The topological polar surface area (TPSA) is 58.6 Å². The van der Waals surface area contributed by atoms with Crippen molar-refractivity contribution in [2.45, 2.75) is 25.5 Å². The van der Waals surface area contributed by atoms with Crippen LogP contribution in [0.5, 0.6) is 0 Å². The van der Waals surface area contributed by atoms with Crippen LogP contribution in [-0.2, 0) is 14.8 Å². The van der Waals surface area contributed by atoms with E-state index in [1.807, 2.05) is 24.3 Å². The van der Waals surface area contributed by atoms with E-state index in [4.69, 9.17) is 16.3 Å². The molecule has 0 spiro atoms. The van der Waals surface area contributed by atoms with E-state index >= 15 is 0 Å². The van der Waals surface area contributed by atoms with Gasteiger partial charge in [-0.05, 0) is 26.0 Å². The normalized spacial score (nSPS) is 23.6. The number of ether oxygens (including phenoxy) is 1. The van der Waals surface area contributed by atoms with Gasteiger partial charge >= 0.3 is 0 Å². The molecule has 1 aromatic carbocycles. The Hall–Kier alpha value is -0.660. The number of rotatable bonds is 6. The SMILES string of the molecule is C[C@H]1CO[C@@H](c2ccccc2Cl)CN1CCCNS(C)(=O)=O. The van der Waals surface area contributed by atoms with Crippen LogP contribution in [0.4, 0.5) is 0 Å². The van der Waals surface area contributed by atoms with Crippen LogP contribution in [0.25, 0.3) is 0 Å². The molecule has 1 aromatic rings. The van der Waals surface area contributed by atoms with Crippen LogP contribution >= 0.6 is 11.6 Å². The number of hydrogen-bond acceptors (Lipinski definition) is 4. The smallest absolute Gasteiger partial charge is 0.208 e. The quantitative estimate of drug-likeness (QED) is 0.801. The Kier molecular flexibility index (Phi) is 6.23. The van der Waals surface area contributed by atoms with Crippen molar-refractivity contribution in [2.75, 3.05) is 32.5 Å². The number of morpholine rings is 1. The lowest BCUT2D eigenvalue weighted by Gasteiger charge is -2.38. The second-order valence-corrected chi connectivity index (χ2v) is 7.95. The molecule has 1 heterocycles. The van der Waals surface area contributed by atoms with E-state index in [1.165, 1.54) is 6.26 Å². The monoisotopic (exact) mass is 346 g/mol. The Morgan fingerprint density at radius 1 is 1.41 bits per heavy atom. The first kappa shape index (κ1) is 17.7. The summed E-state index contributed by atoms with van der Waals surface area (Å²) >= 11 is 6.24. The van der Waals surface area contributed by atoms with Gasteiger partial charge in [0.25, 0.3) is 0 Å². The van der Waals surface area contributed by atoms with Gasteiger partial charge in [0.1, 0.15) is 0 Å². The van der Waals surface area contributed by atoms with Gasteiger partial charge in [-0.15, -0.1) is 0 Å². The minimum absolute atomic E-state index is 0.0345. The highest BCUT2D eigenvalue weighted by atomic mass is 35.5. The highest BCUT2D eigenvalue weighted by Gasteiger charge is 2.27. The van der Waals surface area contributed by atoms with Gasteiger partial charge < -0.3 is 4.74 Å². The summed E-state index contributed by atoms with van der Waals surface area (Å²) < 4.78 is 30.6. The van der Waals surface area contributed by atoms with Gasteiger partial charge in [0.2, 0.25) is 10.0 Å². The van der Waals surface area contributed by atoms with Crippen LogP contribution in [-0.4, -0.2) is 51.9 Å². The van der Waals surface area contributed by atoms with Crippen molar-refractivity contribution >= 4 is 21.6 Å². The molecule has 1 N–H and O–H groups in total. The van der Waals surface area contributed by atoms with E-state index in [1.54, 1.807) is 0 Å². The van der Waals surface area contributed by atoms with Crippen molar-refractivity contribution < 1.29 is 13.2 Å². The lowest BCUT2D eigenvalue weighted by molar-refractivity contribution is -0.0600. The van der Waals surface area contributed by atoms with Crippen molar-refractivity contribution in [3.8, 4) is 0 Å². The zero-order valence-corrected chi connectivity index (χ0v) is 14.5. The third-order valence-electron chi connectivity index (χ3n) is 3.80. The maximum atomic E-state index is 11.1. The Morgan fingerprint density at radius 2 is 2.14 bits per heavy atom. The number of benzene rings is 1. The second-order valence-electron chi connectivity index (χ2n) is 5.71. The van der Waals surface area contributed by atoms with E-state index in [2.05, 4.69) is 16.5 Å². The van der Waals surface area contributed by atoms with Gasteiger partial charge in [-0.25, -0.2) is 13.1 Å². The molecular formula is C15H23ClN2O3S. The molecular weight excluding hydrogens is 324 g/mol. The summed E-state index contributed by atoms with van der Waals surface area (Å²) in [6.07, 6.45) is 1.91. The molecule has 1 aliphatic rings. The molecule has 2 rings (SSSR count). The summed E-state index contributed by atoms with van der Waals surface area (Å²) in [5, 5.41) is 0.723. The largest absolute Gasteiger partial charge is 0.371 e. The van der Waals surface area contributed by atoms with Crippen molar-refractivity contribution in [1.82, 2.24) is 9.62 Å². The van der Waals surface area contributed by atoms with Gasteiger partial charge in [-0.1, -0.05) is 29.8 Å². The van der Waals surface area contributed by atoms with E-state index in [0.717, 1.165) is 30.1 Å². The standard InChI is InChI=1S/C15H23ClN2O3S/c1-12-11-21-15(13-6-3-4-7-14(13)16)10-18(12)9-5-8-17-22(2,19)20/h3-4,6-7,12,15,17H,5,8-11H2,1-2H3/t12-,15+/m0/s1. The Balaban J connectivity index is 1.90. The molecule has 22 heavy (non-hydrogen) atoms. The zero-order valence-electron chi connectivity index (χ0n) is 13.0. The van der Waals surface area contributed by atoms with Crippen molar-refractivity contribution in [1.29, 1.82) is 0 Å². The lowest BCUT2D eigenvalue weighted by atomic mass is 10.1. The van der Waals surface area contributed by atoms with Gasteiger partial charge in [0, 0.05) is 29.7 Å². The number of nitrogens with zero attached hydrogens (tertiary/aromatic N) is 1. The summed E-state index contributed by atoms with van der Waals surface area (Å²) in [5.74, 6) is 0. The molecule has 124 valence electrons. The molecule has 5 nitrogen and oxygen atoms in total. The van der Waals surface area contributed by atoms with Gasteiger partial charge in [0.15, 0.2) is 0 Å². The average Bonchev–Trinajstić information content (AvgIpc) is 2.45. The predicted octanol–water partition coefficient (Wildman–Crippen LogP) is 2.04. The van der Waals surface area contributed by atoms with Crippen LogP contribution in [0.2, 0.25) is 5.02 Å². The first-order chi connectivity index (χ1) is 10.4. The Bertz CT molecular complexity index is 594. The van der Waals surface area contributed by atoms with Gasteiger partial charge in [-0.2, -0.15) is 0 Å². The van der Waals surface area contributed by atoms with Crippen LogP contribution in [0.1, 0.15) is 25.0 Å². The average molecular weight is 347 g/mol. The molecule has 0 unspecified atom stereocenters. The van der Waals surface area contributed by atoms with E-state index in [-0.39, 0.29) is 6.10 Å². The maximum Gasteiger partial charge on any atom is 0.208 e. The summed E-state index contributed by atoms with van der Waals surface area (Å²) in [6, 6.07) is 8.05. The molecule has 1 fully saturated rings. The van der Waals surface area contributed by atoms with Gasteiger partial charge in [0.05, 0.1) is 19.0 Å². The number of sulfonamides is 1. The predicted molar refractivity (Wildman–Crippen MR) is 88.6 cm³/mol. The summed E-state index contributed by atoms with van der Waals surface area (Å²) in [6.45, 7) is 4.82. The zero-order chi connectivity index (χ0) is 16.2. The highest BCUT2D eigenvalue weighted by Crippen LogP contribution is 2.29. The molecule has 2 atom stereocenters. The molecule has 0 aromatic heterocycles. The van der Waals surface area contributed by atoms with Crippen LogP contribution in [0.3, 0.4) is 0 Å². The van der Waals surface area contributed by atoms with Crippen LogP contribution in [0, 0.1) is 0 Å². The Morgan fingerprint density at radius 3 is 2.82 bits per heavy atom. The Labute approximate surface area is 137 Å². The number of hydrogen-bond donors (Lipinski definition) is 1. The molecule has 0 bridgehead atoms. The minimum atomic E-state index is -3.11. The van der Waals surface area contributed by atoms with Crippen molar-refractivity contribution in [3.05, 3.63) is 34.9 Å². The lowest BCUT2D eigenvalue weighted by Crippen LogP contribution is -2.46. The fourth-order valence-electron chi connectivity index (χ4n) is 2.58. The first-order valence-electron chi connectivity index (χ1n) is 7.41. The van der Waals surface area contributed by atoms with E-state index < -0.39 is 10.0 Å². The second kappa shape index (κ2) is 7.75. The van der Waals surface area contributed by atoms with E-state index in [9.17, 15) is 8.42 Å². The van der Waals surface area contributed by atoms with Crippen molar-refractivity contribution in [3.63, 3.8) is 0 Å². The van der Waals surface area contributed by atoms with Gasteiger partial charge in [-0.3, -0.25) is 4.90 Å². The van der Waals surface area contributed by atoms with Crippen molar-refractivity contribution in [2.24, 2.45) is 0 Å². The van der Waals surface area contributed by atoms with Crippen LogP contribution in [0.15, 0.2) is 24.3 Å². The summed E-state index contributed by atoms with van der Waals surface area (Å²) in [4.78, 5) is 2.32. The maximum absolute atomic E-state index is 11.1. The molecule has 0 aliphatic carbocycles. The molecule has 1 aliphatic heterocycles. The highest BCUT2D eigenvalue weighted by molar-refractivity contribution is 7.88. The number of nitrogens with one attached hydrogen (secondary N) is 1. The fraction of sp³-hybridized carbons (Fsp3) is 0.600. The fourth-order valence-corrected chi connectivity index (χ4v) is 3.35. The third-order valence-corrected chi connectivity index (χ3v) is 4.87. The van der Waals surface area contributed by atoms with E-state index in [0.29, 0.717) is 19.2 Å². The molecule has 0 radical (unpaired) electrons. The third kappa shape index (κ3) is 5.21. The molecule has 7 heteroatoms.